The van der Waals surface area contributed by atoms with Crippen molar-refractivity contribution in [3.63, 3.8) is 0 Å². The lowest BCUT2D eigenvalue weighted by atomic mass is 9.91. The number of phenolic OH excluding ortho intramolecular Hbond substituents is 1. The fourth-order valence-electron chi connectivity index (χ4n) is 2.30. The first-order valence-electron chi connectivity index (χ1n) is 6.78. The summed E-state index contributed by atoms with van der Waals surface area (Å²) in [7, 11) is 0. The molecule has 1 N–H and O–H groups in total. The van der Waals surface area contributed by atoms with Crippen molar-refractivity contribution in [2.24, 2.45) is 11.8 Å². The van der Waals surface area contributed by atoms with Gasteiger partial charge in [-0.3, -0.25) is 0 Å². The maximum atomic E-state index is 10.4. The van der Waals surface area contributed by atoms with Crippen molar-refractivity contribution in [3.05, 3.63) is 28.8 Å². The van der Waals surface area contributed by atoms with Crippen molar-refractivity contribution < 1.29 is 5.11 Å². The number of aromatic hydroxyl groups is 1. The standard InChI is InChI=1S/C16H26O/c1-6-13-7-8-14(9-11(2)3)16(17)15(13)10-12(4)5/h7-8,11-12,17H,6,9-10H2,1-5H3. The summed E-state index contributed by atoms with van der Waals surface area (Å²) in [6, 6.07) is 4.28. The lowest BCUT2D eigenvalue weighted by Crippen LogP contribution is -2.03. The van der Waals surface area contributed by atoms with Crippen LogP contribution < -0.4 is 0 Å². The summed E-state index contributed by atoms with van der Waals surface area (Å²) in [6.45, 7) is 10.9. The lowest BCUT2D eigenvalue weighted by Gasteiger charge is -2.16. The average Bonchev–Trinajstić information content (AvgIpc) is 2.23. The van der Waals surface area contributed by atoms with Crippen LogP contribution >= 0.6 is 0 Å². The molecule has 0 aliphatic heterocycles. The van der Waals surface area contributed by atoms with Crippen LogP contribution in [0.5, 0.6) is 5.75 Å². The zero-order chi connectivity index (χ0) is 13.0. The molecule has 0 heterocycles. The highest BCUT2D eigenvalue weighted by Crippen LogP contribution is 2.30. The number of hydrogen-bond acceptors (Lipinski definition) is 1. The van der Waals surface area contributed by atoms with Crippen LogP contribution in [0.2, 0.25) is 0 Å². The average molecular weight is 234 g/mol. The van der Waals surface area contributed by atoms with E-state index in [-0.39, 0.29) is 0 Å². The summed E-state index contributed by atoms with van der Waals surface area (Å²) in [4.78, 5) is 0. The van der Waals surface area contributed by atoms with Crippen LogP contribution in [0, 0.1) is 11.8 Å². The maximum absolute atomic E-state index is 10.4. The van der Waals surface area contributed by atoms with Gasteiger partial charge >= 0.3 is 0 Å². The third-order valence-electron chi connectivity index (χ3n) is 3.08. The van der Waals surface area contributed by atoms with Gasteiger partial charge in [-0.15, -0.1) is 0 Å². The molecule has 0 aliphatic rings. The number of rotatable bonds is 5. The molecular formula is C16H26O. The molecule has 0 unspecified atom stereocenters. The van der Waals surface area contributed by atoms with Crippen LogP contribution in [0.4, 0.5) is 0 Å². The van der Waals surface area contributed by atoms with Crippen LogP contribution in [-0.4, -0.2) is 5.11 Å². The van der Waals surface area contributed by atoms with E-state index >= 15 is 0 Å². The van der Waals surface area contributed by atoms with Gasteiger partial charge in [-0.1, -0.05) is 46.8 Å². The molecule has 0 radical (unpaired) electrons. The fourth-order valence-corrected chi connectivity index (χ4v) is 2.30. The predicted molar refractivity (Wildman–Crippen MR) is 74.6 cm³/mol. The topological polar surface area (TPSA) is 20.2 Å². The van der Waals surface area contributed by atoms with Crippen molar-refractivity contribution in [2.45, 2.75) is 53.9 Å². The molecule has 0 spiro atoms. The van der Waals surface area contributed by atoms with Crippen molar-refractivity contribution in [2.75, 3.05) is 0 Å². The molecule has 0 aliphatic carbocycles. The van der Waals surface area contributed by atoms with E-state index in [1.54, 1.807) is 0 Å². The third-order valence-corrected chi connectivity index (χ3v) is 3.08. The minimum atomic E-state index is 0.548. The summed E-state index contributed by atoms with van der Waals surface area (Å²) in [6.07, 6.45) is 2.93. The van der Waals surface area contributed by atoms with Crippen LogP contribution in [0.25, 0.3) is 0 Å². The molecule has 0 saturated heterocycles. The Labute approximate surface area is 106 Å². The van der Waals surface area contributed by atoms with E-state index in [0.717, 1.165) is 24.8 Å². The molecule has 0 fully saturated rings. The quantitative estimate of drug-likeness (QED) is 0.803. The van der Waals surface area contributed by atoms with Gasteiger partial charge in [-0.25, -0.2) is 0 Å². The Bertz CT molecular complexity index is 364. The molecule has 1 rings (SSSR count). The Morgan fingerprint density at radius 3 is 1.94 bits per heavy atom. The molecule has 0 atom stereocenters. The fraction of sp³-hybridized carbons (Fsp3) is 0.625. The largest absolute Gasteiger partial charge is 0.507 e. The zero-order valence-electron chi connectivity index (χ0n) is 11.9. The number of benzene rings is 1. The van der Waals surface area contributed by atoms with Gasteiger partial charge in [-0.2, -0.15) is 0 Å². The monoisotopic (exact) mass is 234 g/mol. The summed E-state index contributed by atoms with van der Waals surface area (Å²) < 4.78 is 0. The second-order valence-electron chi connectivity index (χ2n) is 5.76. The van der Waals surface area contributed by atoms with Crippen molar-refractivity contribution in [1.82, 2.24) is 0 Å². The molecule has 0 bridgehead atoms. The molecule has 0 amide bonds. The second-order valence-corrected chi connectivity index (χ2v) is 5.76. The van der Waals surface area contributed by atoms with E-state index in [4.69, 9.17) is 0 Å². The predicted octanol–water partition coefficient (Wildman–Crippen LogP) is 4.35. The third kappa shape index (κ3) is 3.76. The summed E-state index contributed by atoms with van der Waals surface area (Å²) in [5, 5.41) is 10.4. The summed E-state index contributed by atoms with van der Waals surface area (Å²) in [5.41, 5.74) is 3.57. The highest BCUT2D eigenvalue weighted by Gasteiger charge is 2.13. The Morgan fingerprint density at radius 2 is 1.47 bits per heavy atom. The Hall–Kier alpha value is -0.980. The smallest absolute Gasteiger partial charge is 0.122 e. The Balaban J connectivity index is 3.12. The van der Waals surface area contributed by atoms with Gasteiger partial charge in [0.2, 0.25) is 0 Å². The summed E-state index contributed by atoms with van der Waals surface area (Å²) >= 11 is 0. The molecule has 96 valence electrons. The number of phenols is 1. The minimum Gasteiger partial charge on any atom is -0.507 e. The van der Waals surface area contributed by atoms with Crippen LogP contribution in [-0.2, 0) is 19.3 Å². The normalized spacial score (nSPS) is 11.5. The van der Waals surface area contributed by atoms with Crippen molar-refractivity contribution >= 4 is 0 Å². The van der Waals surface area contributed by atoms with E-state index in [0.29, 0.717) is 17.6 Å². The highest BCUT2D eigenvalue weighted by atomic mass is 16.3. The first-order valence-corrected chi connectivity index (χ1v) is 6.78. The van der Waals surface area contributed by atoms with Gasteiger partial charge in [0.05, 0.1) is 0 Å². The van der Waals surface area contributed by atoms with Gasteiger partial charge in [-0.05, 0) is 47.8 Å². The van der Waals surface area contributed by atoms with Crippen molar-refractivity contribution in [1.29, 1.82) is 0 Å². The van der Waals surface area contributed by atoms with E-state index < -0.39 is 0 Å². The molecule has 0 saturated carbocycles. The van der Waals surface area contributed by atoms with Crippen LogP contribution in [0.1, 0.15) is 51.3 Å². The molecular weight excluding hydrogens is 208 g/mol. The first kappa shape index (κ1) is 14.1. The lowest BCUT2D eigenvalue weighted by molar-refractivity contribution is 0.449. The SMILES string of the molecule is CCc1ccc(CC(C)C)c(O)c1CC(C)C. The zero-order valence-corrected chi connectivity index (χ0v) is 11.9. The number of hydrogen-bond donors (Lipinski definition) is 1. The van der Waals surface area contributed by atoms with Gasteiger partial charge in [0.1, 0.15) is 5.75 Å². The van der Waals surface area contributed by atoms with Gasteiger partial charge < -0.3 is 5.11 Å². The first-order chi connectivity index (χ1) is 7.95. The molecule has 1 nitrogen and oxygen atoms in total. The molecule has 1 heteroatoms. The molecule has 1 aromatic rings. The molecule has 0 aromatic heterocycles. The van der Waals surface area contributed by atoms with Crippen molar-refractivity contribution in [3.8, 4) is 5.75 Å². The van der Waals surface area contributed by atoms with E-state index in [2.05, 4.69) is 46.8 Å². The van der Waals surface area contributed by atoms with Gasteiger partial charge in [0.25, 0.3) is 0 Å². The molecule has 17 heavy (non-hydrogen) atoms. The van der Waals surface area contributed by atoms with E-state index in [9.17, 15) is 5.11 Å². The van der Waals surface area contributed by atoms with E-state index in [1.807, 2.05) is 0 Å². The van der Waals surface area contributed by atoms with Gasteiger partial charge in [0.15, 0.2) is 0 Å². The van der Waals surface area contributed by atoms with Gasteiger partial charge in [0, 0.05) is 0 Å². The maximum Gasteiger partial charge on any atom is 0.122 e. The number of aryl methyl sites for hydroxylation is 1. The minimum absolute atomic E-state index is 0.548. The Kier molecular flexibility index (Phi) is 5.04. The van der Waals surface area contributed by atoms with Crippen LogP contribution in [0.15, 0.2) is 12.1 Å². The summed E-state index contributed by atoms with van der Waals surface area (Å²) in [5.74, 6) is 1.72. The molecule has 1 aromatic carbocycles. The second kappa shape index (κ2) is 6.09. The van der Waals surface area contributed by atoms with Crippen LogP contribution in [0.3, 0.4) is 0 Å². The highest BCUT2D eigenvalue weighted by molar-refractivity contribution is 5.46. The van der Waals surface area contributed by atoms with E-state index in [1.165, 1.54) is 11.1 Å². The Morgan fingerprint density at radius 1 is 0.941 bits per heavy atom.